The third-order valence-electron chi connectivity index (χ3n) is 6.26. The summed E-state index contributed by atoms with van der Waals surface area (Å²) in [5.41, 5.74) is 0.0757. The van der Waals surface area contributed by atoms with Gasteiger partial charge in [0.25, 0.3) is 5.69 Å². The van der Waals surface area contributed by atoms with Crippen LogP contribution in [0.4, 0.5) is 11.4 Å². The summed E-state index contributed by atoms with van der Waals surface area (Å²) in [5, 5.41) is 16.9. The summed E-state index contributed by atoms with van der Waals surface area (Å²) >= 11 is 0. The van der Waals surface area contributed by atoms with Crippen LogP contribution in [0, 0.1) is 22.0 Å². The van der Waals surface area contributed by atoms with Crippen LogP contribution in [0.2, 0.25) is 0 Å². The highest BCUT2D eigenvalue weighted by molar-refractivity contribution is 6.24. The molecule has 3 aliphatic rings. The highest BCUT2D eigenvalue weighted by Crippen LogP contribution is 2.46. The maximum atomic E-state index is 13.6. The number of Topliss-reactive ketones (excluding diaryl/α,β-unsaturated/α-hetero) is 1. The maximum absolute atomic E-state index is 13.6. The number of non-ortho nitro benzene ring substituents is 1. The number of ether oxygens (including phenoxy) is 1. The van der Waals surface area contributed by atoms with Gasteiger partial charge in [0.1, 0.15) is 11.8 Å². The number of fused-ring (bicyclic) bond motifs is 3. The number of esters is 1. The van der Waals surface area contributed by atoms with Crippen molar-refractivity contribution < 1.29 is 28.8 Å². The van der Waals surface area contributed by atoms with E-state index in [4.69, 9.17) is 4.74 Å². The van der Waals surface area contributed by atoms with Gasteiger partial charge in [-0.05, 0) is 30.3 Å². The Morgan fingerprint density at radius 3 is 2.46 bits per heavy atom. The number of amides is 2. The van der Waals surface area contributed by atoms with Crippen LogP contribution in [0.5, 0.6) is 5.75 Å². The van der Waals surface area contributed by atoms with Crippen molar-refractivity contribution >= 4 is 41.2 Å². The number of nitro groups is 1. The van der Waals surface area contributed by atoms with Crippen molar-refractivity contribution in [3.8, 4) is 5.75 Å². The lowest BCUT2D eigenvalue weighted by Crippen LogP contribution is -2.46. The fourth-order valence-electron chi connectivity index (χ4n) is 4.86. The topological polar surface area (TPSA) is 139 Å². The summed E-state index contributed by atoms with van der Waals surface area (Å²) in [6.45, 7) is 1.26. The number of anilines is 1. The summed E-state index contributed by atoms with van der Waals surface area (Å²) in [4.78, 5) is 63.4. The number of hydrogen-bond donors (Lipinski definition) is 0. The molecule has 2 saturated heterocycles. The van der Waals surface area contributed by atoms with Gasteiger partial charge in [0.05, 0.1) is 28.5 Å². The SMILES string of the molecule is CC(=O)Oc1ccc(N2C(=O)[C@@H]3[C@H](C2=O)[C@@H](C(=O)c2cccc([N+](=O)[O-])c2)N2N=CC=C[C@@H]32)cc1. The Bertz CT molecular complexity index is 1330. The number of imide groups is 1. The number of benzene rings is 2. The number of nitro benzene ring substituents is 1. The van der Waals surface area contributed by atoms with Crippen molar-refractivity contribution in [2.75, 3.05) is 4.90 Å². The Hall–Kier alpha value is -4.67. The molecule has 11 nitrogen and oxygen atoms in total. The van der Waals surface area contributed by atoms with E-state index in [1.54, 1.807) is 12.2 Å². The van der Waals surface area contributed by atoms with Gasteiger partial charge in [-0.1, -0.05) is 18.2 Å². The molecule has 0 saturated carbocycles. The molecule has 0 spiro atoms. The van der Waals surface area contributed by atoms with Gasteiger partial charge in [-0.25, -0.2) is 4.90 Å². The first-order valence-corrected chi connectivity index (χ1v) is 10.7. The smallest absolute Gasteiger partial charge is 0.308 e. The summed E-state index contributed by atoms with van der Waals surface area (Å²) < 4.78 is 5.00. The van der Waals surface area contributed by atoms with Crippen molar-refractivity contribution in [1.82, 2.24) is 5.01 Å². The maximum Gasteiger partial charge on any atom is 0.308 e. The largest absolute Gasteiger partial charge is 0.427 e. The molecular formula is C24H18N4O7. The van der Waals surface area contributed by atoms with Crippen LogP contribution in [0.15, 0.2) is 65.8 Å². The molecule has 0 bridgehead atoms. The second-order valence-electron chi connectivity index (χ2n) is 8.29. The molecule has 11 heteroatoms. The van der Waals surface area contributed by atoms with Crippen LogP contribution in [-0.4, -0.2) is 51.8 Å². The molecule has 2 aromatic rings. The predicted octanol–water partition coefficient (Wildman–Crippen LogP) is 2.12. The first kappa shape index (κ1) is 22.1. The molecule has 4 atom stereocenters. The molecule has 2 amide bonds. The standard InChI is InChI=1S/C24H18N4O7/c1-13(29)35-17-9-7-15(8-10-17)26-23(31)19-18-6-3-11-25-27(18)21(20(19)24(26)32)22(30)14-4-2-5-16(12-14)28(33)34/h2-12,18-21H,1H3/t18-,19-,20-,21-/m0/s1. The number of hydrogen-bond acceptors (Lipinski definition) is 9. The van der Waals surface area contributed by atoms with Gasteiger partial charge in [0, 0.05) is 30.8 Å². The molecule has 2 aromatic carbocycles. The van der Waals surface area contributed by atoms with Crippen LogP contribution >= 0.6 is 0 Å². The van der Waals surface area contributed by atoms with Gasteiger partial charge in [-0.2, -0.15) is 5.10 Å². The Morgan fingerprint density at radius 2 is 1.77 bits per heavy atom. The third kappa shape index (κ3) is 3.57. The number of carbonyl (C=O) groups excluding carboxylic acids is 4. The van der Waals surface area contributed by atoms with E-state index in [1.165, 1.54) is 60.6 Å². The van der Waals surface area contributed by atoms with Crippen molar-refractivity contribution in [2.45, 2.75) is 19.0 Å². The minimum Gasteiger partial charge on any atom is -0.427 e. The minimum atomic E-state index is -1.12. The molecule has 3 heterocycles. The lowest BCUT2D eigenvalue weighted by atomic mass is 9.86. The average molecular weight is 474 g/mol. The van der Waals surface area contributed by atoms with Crippen LogP contribution in [-0.2, 0) is 14.4 Å². The van der Waals surface area contributed by atoms with E-state index in [9.17, 15) is 29.3 Å². The molecule has 0 aliphatic carbocycles. The van der Waals surface area contributed by atoms with Gasteiger partial charge in [-0.15, -0.1) is 0 Å². The number of carbonyl (C=O) groups is 4. The van der Waals surface area contributed by atoms with E-state index in [1.807, 2.05) is 0 Å². The second kappa shape index (κ2) is 8.28. The first-order chi connectivity index (χ1) is 16.8. The van der Waals surface area contributed by atoms with Crippen molar-refractivity contribution in [3.05, 3.63) is 76.4 Å². The zero-order chi connectivity index (χ0) is 24.9. The number of allylic oxidation sites excluding steroid dienone is 1. The first-order valence-electron chi connectivity index (χ1n) is 10.7. The molecular weight excluding hydrogens is 456 g/mol. The zero-order valence-corrected chi connectivity index (χ0v) is 18.3. The van der Waals surface area contributed by atoms with Gasteiger partial charge in [0.15, 0.2) is 5.78 Å². The molecule has 2 fully saturated rings. The summed E-state index contributed by atoms with van der Waals surface area (Å²) in [6, 6.07) is 9.42. The highest BCUT2D eigenvalue weighted by atomic mass is 16.6. The van der Waals surface area contributed by atoms with Crippen LogP contribution < -0.4 is 9.64 Å². The molecule has 3 aliphatic heterocycles. The van der Waals surface area contributed by atoms with Gasteiger partial charge >= 0.3 is 5.97 Å². The Balaban J connectivity index is 1.52. The number of hydrazone groups is 1. The number of rotatable bonds is 5. The van der Waals surface area contributed by atoms with Crippen molar-refractivity contribution in [3.63, 3.8) is 0 Å². The van der Waals surface area contributed by atoms with Crippen molar-refractivity contribution in [1.29, 1.82) is 0 Å². The molecule has 0 aromatic heterocycles. The quantitative estimate of drug-likeness (QED) is 0.160. The summed E-state index contributed by atoms with van der Waals surface area (Å²) in [6.07, 6.45) is 4.82. The molecule has 35 heavy (non-hydrogen) atoms. The van der Waals surface area contributed by atoms with Gasteiger partial charge < -0.3 is 4.74 Å². The molecule has 0 N–H and O–H groups in total. The highest BCUT2D eigenvalue weighted by Gasteiger charge is 2.64. The van der Waals surface area contributed by atoms with E-state index >= 15 is 0 Å². The van der Waals surface area contributed by atoms with Gasteiger partial charge in [-0.3, -0.25) is 34.3 Å². The molecule has 0 radical (unpaired) electrons. The summed E-state index contributed by atoms with van der Waals surface area (Å²) in [7, 11) is 0. The van der Waals surface area contributed by atoms with Gasteiger partial charge in [0.2, 0.25) is 11.8 Å². The lowest BCUT2D eigenvalue weighted by Gasteiger charge is -2.30. The van der Waals surface area contributed by atoms with E-state index in [0.29, 0.717) is 0 Å². The lowest BCUT2D eigenvalue weighted by molar-refractivity contribution is -0.384. The van der Waals surface area contributed by atoms with E-state index < -0.39 is 52.4 Å². The van der Waals surface area contributed by atoms with E-state index in [-0.39, 0.29) is 22.7 Å². The Labute approximate surface area is 198 Å². The Kier molecular flexibility index (Phi) is 5.24. The predicted molar refractivity (Wildman–Crippen MR) is 122 cm³/mol. The van der Waals surface area contributed by atoms with Crippen LogP contribution in [0.3, 0.4) is 0 Å². The zero-order valence-electron chi connectivity index (χ0n) is 18.3. The average Bonchev–Trinajstić information content (AvgIpc) is 3.31. The second-order valence-corrected chi connectivity index (χ2v) is 8.29. The minimum absolute atomic E-state index is 0.0535. The monoisotopic (exact) mass is 474 g/mol. The molecule has 176 valence electrons. The normalized spacial score (nSPS) is 24.4. The van der Waals surface area contributed by atoms with E-state index in [0.717, 1.165) is 11.0 Å². The molecule has 0 unspecified atom stereocenters. The van der Waals surface area contributed by atoms with Crippen LogP contribution in [0.1, 0.15) is 17.3 Å². The number of nitrogens with zero attached hydrogens (tertiary/aromatic N) is 4. The van der Waals surface area contributed by atoms with Crippen LogP contribution in [0.25, 0.3) is 0 Å². The fourth-order valence-corrected chi connectivity index (χ4v) is 4.86. The third-order valence-corrected chi connectivity index (χ3v) is 6.26. The van der Waals surface area contributed by atoms with Crippen molar-refractivity contribution in [2.24, 2.45) is 16.9 Å². The van der Waals surface area contributed by atoms with E-state index in [2.05, 4.69) is 5.10 Å². The Morgan fingerprint density at radius 1 is 1.06 bits per heavy atom. The summed E-state index contributed by atoms with van der Waals surface area (Å²) in [5.74, 6) is -3.73. The molecule has 5 rings (SSSR count). The fraction of sp³-hybridized carbons (Fsp3) is 0.208. The number of ketones is 1.